The molecule has 10 heterocycles. The van der Waals surface area contributed by atoms with Gasteiger partial charge in [0.1, 0.15) is 56.7 Å². The van der Waals surface area contributed by atoms with Crippen LogP contribution in [0.1, 0.15) is 106 Å². The first-order valence-electron chi connectivity index (χ1n) is 39.7. The number of phenols is 1. The van der Waals surface area contributed by atoms with Gasteiger partial charge in [-0.05, 0) is 169 Å². The summed E-state index contributed by atoms with van der Waals surface area (Å²) in [5.41, 5.74) is 6.41. The number of fused-ring (bicyclic) bond motifs is 10. The van der Waals surface area contributed by atoms with E-state index in [1.165, 1.54) is 53.0 Å². The van der Waals surface area contributed by atoms with E-state index in [0.29, 0.717) is 75.4 Å². The van der Waals surface area contributed by atoms with Crippen LogP contribution in [0.15, 0.2) is 107 Å². The van der Waals surface area contributed by atoms with Crippen LogP contribution in [-0.2, 0) is 103 Å². The molecule has 4 aromatic carbocycles. The summed E-state index contributed by atoms with van der Waals surface area (Å²) in [4.78, 5) is 141. The molecule has 0 unspecified atom stereocenters. The van der Waals surface area contributed by atoms with Gasteiger partial charge in [0.15, 0.2) is 0 Å². The average molecular weight is 1740 g/mol. The fourth-order valence-electron chi connectivity index (χ4n) is 15.4. The summed E-state index contributed by atoms with van der Waals surface area (Å²) in [5.74, 6) is 0.677. The number of hydrogen-bond donors (Lipinski definition) is 1. The fourth-order valence-corrected chi connectivity index (χ4v) is 18.7. The summed E-state index contributed by atoms with van der Waals surface area (Å²) in [6.07, 6.45) is -2.64. The molecule has 35 heteroatoms. The summed E-state index contributed by atoms with van der Waals surface area (Å²) in [6, 6.07) is 29.2. The Morgan fingerprint density at radius 1 is 0.508 bits per heavy atom. The number of halogens is 1. The SMILES string of the molecule is CCc1c2c(nc3ccc(O)cc13)-c1cc3c(c(=O)n1C2)COC(=O)[C@@]3(CC)OC(=O)OCCSSCCOC(=O)N(C)c1ccc(N2CCN(C)CC2)cc1.CCc1c2c(nc3ccc(OC(=O)OC(C)(C)C)cc13)-c1cc3c(c(=O)n1C2)COC(=O)[C@@]3(CC)OC(=O)OCCSSCCOC(=O)N(C)c1ccc(N2CCN(C)CC2)cc1.Cl. The number of amides is 2. The molecule has 4 aromatic heterocycles. The molecule has 8 aromatic rings. The number of pyridine rings is 4. The van der Waals surface area contributed by atoms with Crippen molar-refractivity contribution in [1.82, 2.24) is 28.9 Å². The molecule has 14 rings (SSSR count). The Kier molecular flexibility index (Phi) is 28.8. The number of anilines is 4. The van der Waals surface area contributed by atoms with E-state index in [9.17, 15) is 48.3 Å². The molecule has 0 saturated carbocycles. The number of piperazine rings is 2. The predicted octanol–water partition coefficient (Wildman–Crippen LogP) is 13.9. The van der Waals surface area contributed by atoms with Gasteiger partial charge in [0.2, 0.25) is 11.2 Å². The second-order valence-electron chi connectivity index (χ2n) is 30.3. The van der Waals surface area contributed by atoms with E-state index >= 15 is 0 Å². The zero-order valence-electron chi connectivity index (χ0n) is 68.9. The van der Waals surface area contributed by atoms with Crippen LogP contribution in [-0.4, -0.2) is 212 Å². The van der Waals surface area contributed by atoms with E-state index in [4.69, 9.17) is 57.3 Å². The molecule has 2 saturated heterocycles. The predicted molar refractivity (Wildman–Crippen MR) is 466 cm³/mol. The summed E-state index contributed by atoms with van der Waals surface area (Å²) in [6.45, 7) is 20.9. The zero-order valence-corrected chi connectivity index (χ0v) is 73.0. The molecule has 6 aliphatic rings. The molecule has 0 radical (unpaired) electrons. The molecule has 2 amide bonds. The molecule has 0 bridgehead atoms. The van der Waals surface area contributed by atoms with Crippen molar-refractivity contribution in [3.05, 3.63) is 162 Å². The normalized spacial score (nSPS) is 17.1. The van der Waals surface area contributed by atoms with E-state index in [1.54, 1.807) is 106 Å². The van der Waals surface area contributed by atoms with Crippen LogP contribution < -0.4 is 35.5 Å². The number of benzene rings is 4. The smallest absolute Gasteiger partial charge is 0.508 e. The third-order valence-electron chi connectivity index (χ3n) is 21.8. The van der Waals surface area contributed by atoms with E-state index in [0.717, 1.165) is 108 Å². The van der Waals surface area contributed by atoms with Gasteiger partial charge in [0, 0.05) is 145 Å². The van der Waals surface area contributed by atoms with Crippen molar-refractivity contribution in [3.63, 3.8) is 0 Å². The van der Waals surface area contributed by atoms with E-state index in [2.05, 4.69) is 33.7 Å². The maximum absolute atomic E-state index is 14.1. The van der Waals surface area contributed by atoms with E-state index in [-0.39, 0.29) is 117 Å². The van der Waals surface area contributed by atoms with Crippen molar-refractivity contribution in [2.45, 2.75) is 117 Å². The third-order valence-corrected chi connectivity index (χ3v) is 26.5. The number of ether oxygens (including phenoxy) is 10. The maximum atomic E-state index is 14.1. The first-order valence-corrected chi connectivity index (χ1v) is 44.6. The van der Waals surface area contributed by atoms with Gasteiger partial charge in [-0.1, -0.05) is 70.9 Å². The van der Waals surface area contributed by atoms with Gasteiger partial charge in [-0.3, -0.25) is 19.4 Å². The Labute approximate surface area is 716 Å². The average Bonchev–Trinajstić information content (AvgIpc) is 1.52. The highest BCUT2D eigenvalue weighted by molar-refractivity contribution is 8.77. The van der Waals surface area contributed by atoms with Gasteiger partial charge in [-0.25, -0.2) is 43.5 Å². The third kappa shape index (κ3) is 19.3. The van der Waals surface area contributed by atoms with Crippen LogP contribution in [0, 0.1) is 0 Å². The van der Waals surface area contributed by atoms with Crippen LogP contribution in [0.4, 0.5) is 46.7 Å². The molecule has 120 heavy (non-hydrogen) atoms. The largest absolute Gasteiger partial charge is 0.514 e. The number of esters is 2. The molecular weight excluding hydrogens is 1640 g/mol. The fraction of sp³-hybridized carbons (Fsp3) is 0.447. The number of rotatable bonds is 25. The minimum absolute atomic E-state index is 0. The summed E-state index contributed by atoms with van der Waals surface area (Å²) in [5, 5.41) is 11.7. The minimum Gasteiger partial charge on any atom is -0.508 e. The number of likely N-dealkylation sites (N-methyl/N-ethyl adjacent to an activating group) is 2. The zero-order chi connectivity index (χ0) is 84.6. The lowest BCUT2D eigenvalue weighted by Gasteiger charge is -2.35. The van der Waals surface area contributed by atoms with Crippen molar-refractivity contribution >= 4 is 143 Å². The lowest BCUT2D eigenvalue weighted by atomic mass is 9.85. The summed E-state index contributed by atoms with van der Waals surface area (Å²) >= 11 is 0. The Hall–Kier alpha value is -10.1. The molecule has 1 N–H and O–H groups in total. The minimum atomic E-state index is -1.92. The van der Waals surface area contributed by atoms with E-state index < -0.39 is 59.4 Å². The summed E-state index contributed by atoms with van der Waals surface area (Å²) < 4.78 is 58.1. The second kappa shape index (κ2) is 38.7. The molecule has 6 aliphatic heterocycles. The topological polar surface area (TPSA) is 321 Å². The Balaban J connectivity index is 0.000000220. The van der Waals surface area contributed by atoms with Crippen molar-refractivity contribution in [1.29, 1.82) is 0 Å². The first-order chi connectivity index (χ1) is 57.2. The van der Waals surface area contributed by atoms with Crippen molar-refractivity contribution in [2.75, 3.05) is 150 Å². The number of aromatic hydroxyl groups is 1. The van der Waals surface area contributed by atoms with Gasteiger partial charge in [-0.15, -0.1) is 12.4 Å². The standard InChI is InChI=1S/C45H53N5O11S2.C40H45N5O9S2.ClH/c1-8-31-32-24-30(59-43(55)60-44(3,4)5)14-15-36(32)46-38-33(31)26-50-37(38)25-35-34(39(50)51)27-58-40(52)45(35,9-2)61-42(54)57-21-23-63-62-22-20-56-41(53)48(7)28-10-12-29(13-11-28)49-18-16-47(6)17-19-49;1-5-28-29-21-27(46)11-12-33(29)41-35-30(28)23-45-34(35)22-32-31(36(45)47)24-53-37(48)40(32,6-2)54-39(50)52-18-20-56-55-19-17-51-38(49)43(4)25-7-9-26(10-8-25)44-15-13-42(3)14-16-44;/h10-15,24-25H,8-9,16-23,26-27H2,1-7H3;7-12,21-22,46H,5-6,13-20,23-24H2,1-4H3;1H/t45-;40-;/m00./s1. The molecule has 2 fully saturated rings. The van der Waals surface area contributed by atoms with Gasteiger partial charge >= 0.3 is 42.6 Å². The number of carbonyl (C=O) groups is 7. The second-order valence-corrected chi connectivity index (χ2v) is 35.7. The van der Waals surface area contributed by atoms with Crippen molar-refractivity contribution in [2.24, 2.45) is 0 Å². The molecule has 0 spiro atoms. The maximum Gasteiger partial charge on any atom is 0.514 e. The number of aryl methyl sites for hydroxylation is 2. The van der Waals surface area contributed by atoms with E-state index in [1.807, 2.05) is 62.4 Å². The molecule has 640 valence electrons. The number of hydrogen-bond acceptors (Lipinski definition) is 30. The lowest BCUT2D eigenvalue weighted by Crippen LogP contribution is -2.47. The highest BCUT2D eigenvalue weighted by Crippen LogP contribution is 2.46. The van der Waals surface area contributed by atoms with Gasteiger partial charge in [-0.2, -0.15) is 0 Å². The highest BCUT2D eigenvalue weighted by Gasteiger charge is 2.53. The van der Waals surface area contributed by atoms with Crippen molar-refractivity contribution in [3.8, 4) is 34.3 Å². The Bertz CT molecular complexity index is 5310. The van der Waals surface area contributed by atoms with Crippen LogP contribution in [0.5, 0.6) is 11.5 Å². The Morgan fingerprint density at radius 2 is 0.900 bits per heavy atom. The molecule has 30 nitrogen and oxygen atoms in total. The number of aromatic nitrogens is 4. The van der Waals surface area contributed by atoms with Crippen LogP contribution in [0.2, 0.25) is 0 Å². The molecule has 0 aliphatic carbocycles. The molecule has 2 atom stereocenters. The van der Waals surface area contributed by atoms with Crippen LogP contribution >= 0.6 is 55.6 Å². The van der Waals surface area contributed by atoms with Gasteiger partial charge in [0.25, 0.3) is 11.1 Å². The monoisotopic (exact) mass is 1740 g/mol. The first kappa shape index (κ1) is 89.2. The number of phenolic OH excluding ortho intramolecular Hbond substituents is 1. The van der Waals surface area contributed by atoms with Crippen LogP contribution in [0.3, 0.4) is 0 Å². The van der Waals surface area contributed by atoms with Gasteiger partial charge < -0.3 is 81.2 Å². The highest BCUT2D eigenvalue weighted by atomic mass is 35.5. The Morgan fingerprint density at radius 3 is 1.29 bits per heavy atom. The lowest BCUT2D eigenvalue weighted by molar-refractivity contribution is -0.175. The molecular formula is C85H99ClN10O20S4. The summed E-state index contributed by atoms with van der Waals surface area (Å²) in [7, 11) is 13.4. The van der Waals surface area contributed by atoms with Crippen molar-refractivity contribution < 1.29 is 86.0 Å². The number of cyclic esters (lactones) is 2. The van der Waals surface area contributed by atoms with Gasteiger partial charge in [0.05, 0.1) is 58.0 Å². The van der Waals surface area contributed by atoms with Crippen LogP contribution in [0.25, 0.3) is 44.6 Å². The number of nitrogens with zero attached hydrogens (tertiary/aromatic N) is 10. The quantitative estimate of drug-likeness (QED) is 0.0183. The number of carbonyl (C=O) groups excluding carboxylic acids is 7.